The van der Waals surface area contributed by atoms with Gasteiger partial charge in [0, 0.05) is 25.2 Å². The van der Waals surface area contributed by atoms with Crippen molar-refractivity contribution >= 4 is 5.69 Å². The molecule has 0 saturated carbocycles. The van der Waals surface area contributed by atoms with E-state index in [0.717, 1.165) is 12.8 Å². The number of fused-ring (bicyclic) bond motifs is 1. The number of anilines is 1. The first-order valence-corrected chi connectivity index (χ1v) is 5.94. The van der Waals surface area contributed by atoms with E-state index in [0.29, 0.717) is 6.04 Å². The minimum absolute atomic E-state index is 0.590. The summed E-state index contributed by atoms with van der Waals surface area (Å²) in [5.74, 6) is 0. The van der Waals surface area contributed by atoms with Gasteiger partial charge in [0.2, 0.25) is 0 Å². The number of rotatable bonds is 2. The zero-order valence-corrected chi connectivity index (χ0v) is 10.6. The molecule has 0 aromatic heterocycles. The van der Waals surface area contributed by atoms with Gasteiger partial charge in [0.1, 0.15) is 0 Å². The third-order valence-electron chi connectivity index (χ3n) is 3.34. The van der Waals surface area contributed by atoms with Crippen molar-refractivity contribution in [3.05, 3.63) is 29.3 Å². The van der Waals surface area contributed by atoms with E-state index in [1.165, 1.54) is 16.8 Å². The summed E-state index contributed by atoms with van der Waals surface area (Å²) >= 11 is 0. The molecule has 1 N–H and O–H groups in total. The van der Waals surface area contributed by atoms with E-state index >= 15 is 0 Å². The fourth-order valence-electron chi connectivity index (χ4n) is 2.45. The van der Waals surface area contributed by atoms with Crippen molar-refractivity contribution in [3.8, 4) is 0 Å². The summed E-state index contributed by atoms with van der Waals surface area (Å²) in [6.45, 7) is 5.96. The van der Waals surface area contributed by atoms with Crippen LogP contribution in [0.15, 0.2) is 18.2 Å². The van der Waals surface area contributed by atoms with Gasteiger partial charge in [-0.3, -0.25) is 0 Å². The summed E-state index contributed by atoms with van der Waals surface area (Å²) in [4.78, 5) is 2.32. The zero-order valence-electron chi connectivity index (χ0n) is 10.6. The second-order valence-corrected chi connectivity index (χ2v) is 5.62. The molecule has 2 rings (SSSR count). The van der Waals surface area contributed by atoms with Gasteiger partial charge in [0.25, 0.3) is 0 Å². The predicted octanol–water partition coefficient (Wildman–Crippen LogP) is 2.38. The van der Waals surface area contributed by atoms with E-state index < -0.39 is 5.60 Å². The molecule has 2 nitrogen and oxygen atoms in total. The van der Waals surface area contributed by atoms with Crippen molar-refractivity contribution in [2.24, 2.45) is 0 Å². The van der Waals surface area contributed by atoms with Crippen molar-refractivity contribution in [1.29, 1.82) is 0 Å². The van der Waals surface area contributed by atoms with Crippen LogP contribution < -0.4 is 4.90 Å². The van der Waals surface area contributed by atoms with Crippen LogP contribution in [-0.2, 0) is 12.8 Å². The molecule has 0 bridgehead atoms. The molecular formula is C14H21NO. The molecular weight excluding hydrogens is 198 g/mol. The van der Waals surface area contributed by atoms with Gasteiger partial charge in [-0.05, 0) is 44.4 Å². The number of aliphatic hydroxyl groups is 1. The van der Waals surface area contributed by atoms with Crippen molar-refractivity contribution in [1.82, 2.24) is 0 Å². The van der Waals surface area contributed by atoms with Crippen LogP contribution in [0, 0.1) is 0 Å². The maximum atomic E-state index is 9.81. The second kappa shape index (κ2) is 3.77. The first kappa shape index (κ1) is 11.5. The molecule has 88 valence electrons. The molecule has 1 aliphatic rings. The molecule has 1 aromatic rings. The zero-order chi connectivity index (χ0) is 11.9. The molecule has 1 aliphatic heterocycles. The lowest BCUT2D eigenvalue weighted by Crippen LogP contribution is -2.23. The van der Waals surface area contributed by atoms with Crippen LogP contribution in [0.3, 0.4) is 0 Å². The van der Waals surface area contributed by atoms with Crippen LogP contribution in [0.2, 0.25) is 0 Å². The van der Waals surface area contributed by atoms with Gasteiger partial charge >= 0.3 is 0 Å². The second-order valence-electron chi connectivity index (χ2n) is 5.62. The largest absolute Gasteiger partial charge is 0.390 e. The number of likely N-dealkylation sites (N-methyl/N-ethyl adjacent to an activating group) is 1. The average molecular weight is 219 g/mol. The SMILES string of the molecule is CC1Cc2cc(CC(C)(C)O)ccc2N1C. The van der Waals surface area contributed by atoms with Crippen LogP contribution in [0.1, 0.15) is 31.9 Å². The van der Waals surface area contributed by atoms with Gasteiger partial charge < -0.3 is 10.0 Å². The minimum atomic E-state index is -0.621. The van der Waals surface area contributed by atoms with Gasteiger partial charge in [-0.1, -0.05) is 12.1 Å². The van der Waals surface area contributed by atoms with Gasteiger partial charge in [-0.2, -0.15) is 0 Å². The Balaban J connectivity index is 2.25. The number of benzene rings is 1. The standard InChI is InChI=1S/C14H21NO/c1-10-7-12-8-11(9-14(2,3)16)5-6-13(12)15(10)4/h5-6,8,10,16H,7,9H2,1-4H3. The highest BCUT2D eigenvalue weighted by Crippen LogP contribution is 2.32. The summed E-state index contributed by atoms with van der Waals surface area (Å²) in [6, 6.07) is 7.14. The van der Waals surface area contributed by atoms with Crippen molar-refractivity contribution in [2.75, 3.05) is 11.9 Å². The van der Waals surface area contributed by atoms with Gasteiger partial charge in [-0.25, -0.2) is 0 Å². The first-order chi connectivity index (χ1) is 7.37. The molecule has 16 heavy (non-hydrogen) atoms. The van der Waals surface area contributed by atoms with Gasteiger partial charge in [0.05, 0.1) is 5.60 Å². The molecule has 1 unspecified atom stereocenters. The number of hydrogen-bond donors (Lipinski definition) is 1. The smallest absolute Gasteiger partial charge is 0.0631 e. The van der Waals surface area contributed by atoms with E-state index in [9.17, 15) is 5.11 Å². The Bertz CT molecular complexity index is 392. The normalized spacial score (nSPS) is 20.1. The highest BCUT2D eigenvalue weighted by molar-refractivity contribution is 5.59. The summed E-state index contributed by atoms with van der Waals surface area (Å²) < 4.78 is 0. The Morgan fingerprint density at radius 3 is 2.75 bits per heavy atom. The Hall–Kier alpha value is -1.02. The van der Waals surface area contributed by atoms with E-state index in [2.05, 4.69) is 37.1 Å². The molecule has 0 aliphatic carbocycles. The van der Waals surface area contributed by atoms with Crippen LogP contribution in [0.4, 0.5) is 5.69 Å². The lowest BCUT2D eigenvalue weighted by atomic mass is 9.96. The average Bonchev–Trinajstić information content (AvgIpc) is 2.40. The van der Waals surface area contributed by atoms with E-state index in [1.54, 1.807) is 0 Å². The van der Waals surface area contributed by atoms with Crippen molar-refractivity contribution in [2.45, 2.75) is 45.3 Å². The molecule has 1 heterocycles. The Kier molecular flexibility index (Phi) is 2.70. The molecule has 0 amide bonds. The fourth-order valence-corrected chi connectivity index (χ4v) is 2.45. The summed E-state index contributed by atoms with van der Waals surface area (Å²) in [5.41, 5.74) is 3.36. The Morgan fingerprint density at radius 1 is 1.44 bits per heavy atom. The van der Waals surface area contributed by atoms with Gasteiger partial charge in [-0.15, -0.1) is 0 Å². The highest BCUT2D eigenvalue weighted by atomic mass is 16.3. The Labute approximate surface area is 97.9 Å². The molecule has 0 fully saturated rings. The fraction of sp³-hybridized carbons (Fsp3) is 0.571. The predicted molar refractivity (Wildman–Crippen MR) is 68.0 cm³/mol. The Morgan fingerprint density at radius 2 is 2.12 bits per heavy atom. The molecule has 1 atom stereocenters. The third-order valence-corrected chi connectivity index (χ3v) is 3.34. The van der Waals surface area contributed by atoms with E-state index in [-0.39, 0.29) is 0 Å². The first-order valence-electron chi connectivity index (χ1n) is 5.94. The summed E-state index contributed by atoms with van der Waals surface area (Å²) in [5, 5.41) is 9.81. The van der Waals surface area contributed by atoms with E-state index in [1.807, 2.05) is 13.8 Å². The molecule has 0 radical (unpaired) electrons. The maximum Gasteiger partial charge on any atom is 0.0631 e. The highest BCUT2D eigenvalue weighted by Gasteiger charge is 2.23. The summed E-state index contributed by atoms with van der Waals surface area (Å²) in [6.07, 6.45) is 1.84. The lowest BCUT2D eigenvalue weighted by molar-refractivity contribution is 0.0810. The summed E-state index contributed by atoms with van der Waals surface area (Å²) in [7, 11) is 2.14. The van der Waals surface area contributed by atoms with Crippen molar-refractivity contribution < 1.29 is 5.11 Å². The van der Waals surface area contributed by atoms with Crippen LogP contribution in [0.25, 0.3) is 0 Å². The topological polar surface area (TPSA) is 23.5 Å². The molecule has 0 spiro atoms. The van der Waals surface area contributed by atoms with Crippen molar-refractivity contribution in [3.63, 3.8) is 0 Å². The number of nitrogens with zero attached hydrogens (tertiary/aromatic N) is 1. The lowest BCUT2D eigenvalue weighted by Gasteiger charge is -2.19. The molecule has 1 aromatic carbocycles. The number of hydrogen-bond acceptors (Lipinski definition) is 2. The minimum Gasteiger partial charge on any atom is -0.390 e. The van der Waals surface area contributed by atoms with Gasteiger partial charge in [0.15, 0.2) is 0 Å². The maximum absolute atomic E-state index is 9.81. The van der Waals surface area contributed by atoms with Crippen LogP contribution in [0.5, 0.6) is 0 Å². The molecule has 2 heteroatoms. The van der Waals surface area contributed by atoms with Crippen LogP contribution in [-0.4, -0.2) is 23.8 Å². The third kappa shape index (κ3) is 2.22. The molecule has 0 saturated heterocycles. The quantitative estimate of drug-likeness (QED) is 0.825. The van der Waals surface area contributed by atoms with Crippen LogP contribution >= 0.6 is 0 Å². The monoisotopic (exact) mass is 219 g/mol. The van der Waals surface area contributed by atoms with E-state index in [4.69, 9.17) is 0 Å².